The maximum Gasteiger partial charge on any atom is 0.125 e. The number of rotatable bonds is 7. The number of hydrogen-bond donors (Lipinski definition) is 1. The van der Waals surface area contributed by atoms with E-state index in [0.29, 0.717) is 6.61 Å². The summed E-state index contributed by atoms with van der Waals surface area (Å²) in [5.41, 5.74) is 2.20. The Morgan fingerprint density at radius 1 is 1.43 bits per heavy atom. The average Bonchev–Trinajstić information content (AvgIpc) is 2.92. The zero-order chi connectivity index (χ0) is 15.5. The molecule has 3 nitrogen and oxygen atoms in total. The lowest BCUT2D eigenvalue weighted by Gasteiger charge is -2.37. The summed E-state index contributed by atoms with van der Waals surface area (Å²) < 4.78 is 11.8. The summed E-state index contributed by atoms with van der Waals surface area (Å²) in [5.74, 6) is 1.02. The van der Waals surface area contributed by atoms with E-state index in [2.05, 4.69) is 19.2 Å². The van der Waals surface area contributed by atoms with Gasteiger partial charge in [-0.15, -0.1) is 0 Å². The first kappa shape index (κ1) is 16.6. The minimum Gasteiger partial charge on any atom is -0.493 e. The lowest BCUT2D eigenvalue weighted by atomic mass is 9.87. The van der Waals surface area contributed by atoms with Crippen LogP contribution in [-0.2, 0) is 17.6 Å². The molecule has 0 bridgehead atoms. The number of likely N-dealkylation sites (N-methyl/N-ethyl adjacent to an activating group) is 1. The van der Waals surface area contributed by atoms with Crippen LogP contribution >= 0.6 is 11.6 Å². The van der Waals surface area contributed by atoms with E-state index in [4.69, 9.17) is 21.1 Å². The molecule has 4 heteroatoms. The quantitative estimate of drug-likeness (QED) is 0.834. The molecule has 118 valence electrons. The summed E-state index contributed by atoms with van der Waals surface area (Å²) in [6.07, 6.45) is 2.75. The van der Waals surface area contributed by atoms with Crippen molar-refractivity contribution in [3.8, 4) is 5.75 Å². The highest BCUT2D eigenvalue weighted by Crippen LogP contribution is 2.35. The van der Waals surface area contributed by atoms with Crippen molar-refractivity contribution >= 4 is 11.6 Å². The third-order valence-electron chi connectivity index (χ3n) is 4.51. The van der Waals surface area contributed by atoms with Gasteiger partial charge in [-0.1, -0.05) is 18.5 Å². The number of nitrogens with one attached hydrogen (secondary N) is 1. The Bertz CT molecular complexity index is 492. The first-order valence-corrected chi connectivity index (χ1v) is 8.17. The molecule has 2 unspecified atom stereocenters. The Labute approximate surface area is 133 Å². The average molecular weight is 312 g/mol. The lowest BCUT2D eigenvalue weighted by Crippen LogP contribution is -2.50. The number of ether oxygens (including phenoxy) is 2. The fourth-order valence-corrected chi connectivity index (χ4v) is 3.38. The van der Waals surface area contributed by atoms with Crippen molar-refractivity contribution in [3.05, 3.63) is 28.3 Å². The minimum atomic E-state index is -0.197. The molecule has 0 saturated heterocycles. The van der Waals surface area contributed by atoms with Gasteiger partial charge in [0.2, 0.25) is 0 Å². The summed E-state index contributed by atoms with van der Waals surface area (Å²) in [6.45, 7) is 7.85. The third-order valence-corrected chi connectivity index (χ3v) is 4.73. The Morgan fingerprint density at radius 2 is 2.19 bits per heavy atom. The van der Waals surface area contributed by atoms with Crippen LogP contribution in [0.25, 0.3) is 0 Å². The molecule has 1 aromatic carbocycles. The van der Waals surface area contributed by atoms with Crippen LogP contribution in [0.5, 0.6) is 5.75 Å². The molecular weight excluding hydrogens is 286 g/mol. The fourth-order valence-electron chi connectivity index (χ4n) is 3.12. The van der Waals surface area contributed by atoms with Gasteiger partial charge in [0.15, 0.2) is 0 Å². The second kappa shape index (κ2) is 6.99. The molecule has 0 fully saturated rings. The van der Waals surface area contributed by atoms with Gasteiger partial charge in [0, 0.05) is 24.1 Å². The highest BCUT2D eigenvalue weighted by Gasteiger charge is 2.33. The SMILES string of the molecule is CCOC(C)(CC)C(Cc1cc(Cl)cc2c1OCC2)NC. The first-order valence-electron chi connectivity index (χ1n) is 7.79. The molecule has 21 heavy (non-hydrogen) atoms. The van der Waals surface area contributed by atoms with E-state index >= 15 is 0 Å². The fraction of sp³-hybridized carbons (Fsp3) is 0.647. The van der Waals surface area contributed by atoms with Crippen LogP contribution in [0.2, 0.25) is 5.02 Å². The standard InChI is InChI=1S/C17H26ClNO2/c1-5-17(3,21-6-2)15(19-4)11-13-10-14(18)9-12-7-8-20-16(12)13/h9-10,15,19H,5-8,11H2,1-4H3. The smallest absolute Gasteiger partial charge is 0.125 e. The van der Waals surface area contributed by atoms with Gasteiger partial charge in [-0.3, -0.25) is 0 Å². The van der Waals surface area contributed by atoms with Crippen molar-refractivity contribution in [3.63, 3.8) is 0 Å². The molecule has 0 spiro atoms. The van der Waals surface area contributed by atoms with Gasteiger partial charge in [0.25, 0.3) is 0 Å². The number of fused-ring (bicyclic) bond motifs is 1. The van der Waals surface area contributed by atoms with E-state index in [-0.39, 0.29) is 11.6 Å². The molecule has 1 heterocycles. The molecule has 0 aliphatic carbocycles. The van der Waals surface area contributed by atoms with Gasteiger partial charge in [-0.2, -0.15) is 0 Å². The van der Waals surface area contributed by atoms with E-state index in [0.717, 1.165) is 36.6 Å². The second-order valence-electron chi connectivity index (χ2n) is 5.80. The van der Waals surface area contributed by atoms with Crippen LogP contribution in [0.3, 0.4) is 0 Å². The van der Waals surface area contributed by atoms with Gasteiger partial charge >= 0.3 is 0 Å². The van der Waals surface area contributed by atoms with Gasteiger partial charge in [0.1, 0.15) is 5.75 Å². The molecule has 0 radical (unpaired) electrons. The number of benzene rings is 1. The topological polar surface area (TPSA) is 30.5 Å². The van der Waals surface area contributed by atoms with Crippen molar-refractivity contribution < 1.29 is 9.47 Å². The van der Waals surface area contributed by atoms with Crippen molar-refractivity contribution in [2.45, 2.75) is 51.7 Å². The third kappa shape index (κ3) is 3.53. The Kier molecular flexibility index (Phi) is 5.53. The molecule has 1 N–H and O–H groups in total. The summed E-state index contributed by atoms with van der Waals surface area (Å²) in [4.78, 5) is 0. The Balaban J connectivity index is 2.27. The van der Waals surface area contributed by atoms with Gasteiger partial charge in [-0.25, -0.2) is 0 Å². The normalized spacial score (nSPS) is 18.0. The van der Waals surface area contributed by atoms with Crippen LogP contribution < -0.4 is 10.1 Å². The van der Waals surface area contributed by atoms with Crippen molar-refractivity contribution in [1.29, 1.82) is 0 Å². The van der Waals surface area contributed by atoms with Gasteiger partial charge in [0.05, 0.1) is 12.2 Å². The summed E-state index contributed by atoms with van der Waals surface area (Å²) in [6, 6.07) is 4.26. The van der Waals surface area contributed by atoms with Crippen molar-refractivity contribution in [2.24, 2.45) is 0 Å². The zero-order valence-electron chi connectivity index (χ0n) is 13.5. The zero-order valence-corrected chi connectivity index (χ0v) is 14.2. The van der Waals surface area contributed by atoms with Crippen LogP contribution in [0, 0.1) is 0 Å². The van der Waals surface area contributed by atoms with Crippen LogP contribution in [-0.4, -0.2) is 31.9 Å². The van der Waals surface area contributed by atoms with Crippen molar-refractivity contribution in [1.82, 2.24) is 5.32 Å². The maximum absolute atomic E-state index is 6.26. The Morgan fingerprint density at radius 3 is 2.81 bits per heavy atom. The lowest BCUT2D eigenvalue weighted by molar-refractivity contribution is -0.0534. The van der Waals surface area contributed by atoms with E-state index in [1.165, 1.54) is 11.1 Å². The van der Waals surface area contributed by atoms with Crippen LogP contribution in [0.1, 0.15) is 38.3 Å². The highest BCUT2D eigenvalue weighted by molar-refractivity contribution is 6.30. The molecule has 0 saturated carbocycles. The number of halogens is 1. The monoisotopic (exact) mass is 311 g/mol. The number of hydrogen-bond acceptors (Lipinski definition) is 3. The molecule has 1 aliphatic heterocycles. The largest absolute Gasteiger partial charge is 0.493 e. The van der Waals surface area contributed by atoms with E-state index in [1.54, 1.807) is 0 Å². The molecule has 1 aromatic rings. The predicted molar refractivity (Wildman–Crippen MR) is 87.5 cm³/mol. The van der Waals surface area contributed by atoms with Crippen LogP contribution in [0.15, 0.2) is 12.1 Å². The molecule has 0 amide bonds. The van der Waals surface area contributed by atoms with Gasteiger partial charge < -0.3 is 14.8 Å². The molecule has 2 atom stereocenters. The predicted octanol–water partition coefficient (Wildman–Crippen LogP) is 3.61. The summed E-state index contributed by atoms with van der Waals surface area (Å²) >= 11 is 6.26. The van der Waals surface area contributed by atoms with Crippen molar-refractivity contribution in [2.75, 3.05) is 20.3 Å². The van der Waals surface area contributed by atoms with E-state index in [9.17, 15) is 0 Å². The van der Waals surface area contributed by atoms with E-state index in [1.807, 2.05) is 26.1 Å². The minimum absolute atomic E-state index is 0.197. The maximum atomic E-state index is 6.26. The molecular formula is C17H26ClNO2. The summed E-state index contributed by atoms with van der Waals surface area (Å²) in [7, 11) is 1.99. The molecule has 0 aromatic heterocycles. The second-order valence-corrected chi connectivity index (χ2v) is 6.23. The Hall–Kier alpha value is -0.770. The first-order chi connectivity index (χ1) is 10.0. The van der Waals surface area contributed by atoms with Crippen LogP contribution in [0.4, 0.5) is 0 Å². The molecule has 1 aliphatic rings. The summed E-state index contributed by atoms with van der Waals surface area (Å²) in [5, 5.41) is 4.20. The highest BCUT2D eigenvalue weighted by atomic mass is 35.5. The van der Waals surface area contributed by atoms with Gasteiger partial charge in [-0.05, 0) is 57.0 Å². The molecule has 2 rings (SSSR count). The van der Waals surface area contributed by atoms with E-state index < -0.39 is 0 Å².